The number of nitrogens with zero attached hydrogens (tertiary/aromatic N) is 3. The Bertz CT molecular complexity index is 3230. The van der Waals surface area contributed by atoms with Crippen LogP contribution in [0.2, 0.25) is 0 Å². The van der Waals surface area contributed by atoms with Gasteiger partial charge in [0.25, 0.3) is 5.91 Å². The summed E-state index contributed by atoms with van der Waals surface area (Å²) < 4.78 is 41.4. The van der Waals surface area contributed by atoms with Crippen molar-refractivity contribution in [3.05, 3.63) is 129 Å². The summed E-state index contributed by atoms with van der Waals surface area (Å²) in [7, 11) is 0. The number of hydrogen-bond donors (Lipinski definition) is 5. The van der Waals surface area contributed by atoms with Crippen molar-refractivity contribution in [1.29, 1.82) is 0 Å². The van der Waals surface area contributed by atoms with Crippen LogP contribution in [0.1, 0.15) is 145 Å². The molecular weight excluding hydrogens is 1180 g/mol. The number of hydrogen-bond acceptors (Lipinski definition) is 20. The number of aliphatic hydroxyl groups is 2. The molecule has 91 heavy (non-hydrogen) atoms. The van der Waals surface area contributed by atoms with E-state index in [4.69, 9.17) is 38.7 Å². The first-order chi connectivity index (χ1) is 43.3. The molecular formula is C66H82N6O19. The Balaban J connectivity index is 1.18. The molecule has 0 spiro atoms. The fourth-order valence-corrected chi connectivity index (χ4v) is 13.3. The molecule has 0 radical (unpaired) electrons. The zero-order valence-electron chi connectivity index (χ0n) is 52.3. The Labute approximate surface area is 527 Å². The van der Waals surface area contributed by atoms with Crippen LogP contribution in [0.25, 0.3) is 10.4 Å². The number of carbonyl (C=O) groups is 10. The van der Waals surface area contributed by atoms with Gasteiger partial charge in [0.1, 0.15) is 37.1 Å². The molecule has 3 aromatic carbocycles. The first-order valence-corrected chi connectivity index (χ1v) is 30.7. The van der Waals surface area contributed by atoms with Crippen molar-refractivity contribution in [2.75, 3.05) is 39.5 Å². The maximum absolute atomic E-state index is 15.9. The van der Waals surface area contributed by atoms with Crippen LogP contribution in [0.15, 0.2) is 107 Å². The normalized spacial score (nSPS) is 25.4. The average molecular weight is 1260 g/mol. The van der Waals surface area contributed by atoms with E-state index in [9.17, 15) is 48.6 Å². The molecule has 1 saturated heterocycles. The maximum Gasteiger partial charge on any atom is 0.338 e. The van der Waals surface area contributed by atoms with Gasteiger partial charge in [-0.25, -0.2) is 14.4 Å². The van der Waals surface area contributed by atoms with Crippen LogP contribution < -0.4 is 16.0 Å². The van der Waals surface area contributed by atoms with E-state index >= 15 is 9.59 Å². The minimum Gasteiger partial charge on any atom is -0.464 e. The van der Waals surface area contributed by atoms with Crippen LogP contribution in [-0.4, -0.2) is 157 Å². The van der Waals surface area contributed by atoms with E-state index in [2.05, 4.69) is 26.0 Å². The lowest BCUT2D eigenvalue weighted by Crippen LogP contribution is -2.81. The summed E-state index contributed by atoms with van der Waals surface area (Å²) in [6.45, 7) is 8.64. The molecule has 12 atom stereocenters. The summed E-state index contributed by atoms with van der Waals surface area (Å²) in [6.07, 6.45) is -6.75. The standard InChI is InChI=1S/C66H82N6O19/c1-8-86-62(83)46(70-50(77)30-19-12-21-32-69-72-67)29-20-22-31-68-51(78)36-85-37-52(79)89-55(54(42-23-13-9-14-24-42)71-60(81)43-25-15-10-16-26-43)47(75)33-45-35-66(84)59(90-61(82)44-27-17-11-18-28-44)57-64(7,48(76)34-49-65(57,38-87-49)91-41(4)74)58(80)56(88-40(3)73)53(39(45)2)63(66,5)6/h9-11,13-18,23-28,45-46,48-49,54-57,59,76,84H,8,12,19-22,29-38H2,1-7H3,(H,68,78)(H,70,77)(H,71,81)/t45-,46-,48-,49+,54-,55-,56+,57-,59-,64+,65-,66+/m0/s1. The van der Waals surface area contributed by atoms with Crippen molar-refractivity contribution >= 4 is 59.1 Å². The summed E-state index contributed by atoms with van der Waals surface area (Å²) >= 11 is 0. The number of rotatable bonds is 30. The molecule has 7 rings (SSSR count). The van der Waals surface area contributed by atoms with Crippen molar-refractivity contribution in [2.45, 2.75) is 166 Å². The number of Topliss-reactive ketones (excluding diaryl/α,β-unsaturated/α-hetero) is 2. The Morgan fingerprint density at radius 1 is 0.813 bits per heavy atom. The second kappa shape index (κ2) is 31.1. The second-order valence-electron chi connectivity index (χ2n) is 24.2. The van der Waals surface area contributed by atoms with Gasteiger partial charge in [0.2, 0.25) is 11.8 Å². The first kappa shape index (κ1) is 70.1. The van der Waals surface area contributed by atoms with Gasteiger partial charge in [0, 0.05) is 62.1 Å². The number of azide groups is 1. The lowest BCUT2D eigenvalue weighted by atomic mass is 9.44. The number of esters is 5. The van der Waals surface area contributed by atoms with Crippen LogP contribution in [0.4, 0.5) is 0 Å². The number of benzene rings is 3. The van der Waals surface area contributed by atoms with Gasteiger partial charge < -0.3 is 59.3 Å². The van der Waals surface area contributed by atoms with Crippen LogP contribution in [-0.2, 0) is 71.5 Å². The van der Waals surface area contributed by atoms with Crippen LogP contribution in [0.5, 0.6) is 0 Å². The molecule has 3 aromatic rings. The van der Waals surface area contributed by atoms with Gasteiger partial charge in [-0.2, -0.15) is 0 Å². The molecule has 2 saturated carbocycles. The zero-order valence-corrected chi connectivity index (χ0v) is 52.3. The molecule has 2 bridgehead atoms. The number of carbonyl (C=O) groups excluding carboxylic acids is 10. The summed E-state index contributed by atoms with van der Waals surface area (Å²) in [5.41, 5.74) is 1.18. The lowest BCUT2D eigenvalue weighted by molar-refractivity contribution is -0.345. The van der Waals surface area contributed by atoms with Crippen LogP contribution >= 0.6 is 0 Å². The fourth-order valence-electron chi connectivity index (χ4n) is 13.3. The number of amides is 3. The molecule has 5 N–H and O–H groups in total. The topological polar surface area (TPSA) is 361 Å². The number of unbranched alkanes of at least 4 members (excludes halogenated alkanes) is 3. The molecule has 0 aromatic heterocycles. The summed E-state index contributed by atoms with van der Waals surface area (Å²) in [5, 5.41) is 38.2. The van der Waals surface area contributed by atoms with Crippen LogP contribution in [0, 0.1) is 22.7 Å². The van der Waals surface area contributed by atoms with Crippen molar-refractivity contribution < 1.29 is 91.3 Å². The van der Waals surface area contributed by atoms with Gasteiger partial charge >= 0.3 is 29.8 Å². The molecule has 3 fully saturated rings. The van der Waals surface area contributed by atoms with Gasteiger partial charge in [0.05, 0.1) is 42.3 Å². The smallest absolute Gasteiger partial charge is 0.338 e. The number of aliphatic hydroxyl groups excluding tert-OH is 1. The Hall–Kier alpha value is -8.35. The highest BCUT2D eigenvalue weighted by molar-refractivity contribution is 5.97. The number of ketones is 2. The number of nitrogens with one attached hydrogen (secondary N) is 3. The third kappa shape index (κ3) is 16.0. The van der Waals surface area contributed by atoms with E-state index < -0.39 is 156 Å². The summed E-state index contributed by atoms with van der Waals surface area (Å²) in [6, 6.07) is 21.6. The van der Waals surface area contributed by atoms with E-state index in [1.807, 2.05) is 0 Å². The van der Waals surface area contributed by atoms with E-state index in [-0.39, 0.29) is 67.2 Å². The fraction of sp³-hybridized carbons (Fsp3) is 0.545. The molecule has 1 heterocycles. The van der Waals surface area contributed by atoms with Crippen molar-refractivity contribution in [1.82, 2.24) is 16.0 Å². The summed E-state index contributed by atoms with van der Waals surface area (Å²) in [5.74, 6) is -10.6. The largest absolute Gasteiger partial charge is 0.464 e. The molecule has 25 nitrogen and oxygen atoms in total. The second-order valence-corrected chi connectivity index (χ2v) is 24.2. The molecule has 25 heteroatoms. The molecule has 1 aliphatic heterocycles. The highest BCUT2D eigenvalue weighted by Gasteiger charge is 2.78. The monoisotopic (exact) mass is 1260 g/mol. The Morgan fingerprint density at radius 3 is 2.09 bits per heavy atom. The molecule has 3 amide bonds. The highest BCUT2D eigenvalue weighted by atomic mass is 16.6. The first-order valence-electron chi connectivity index (χ1n) is 30.7. The number of fused-ring (bicyclic) bond motifs is 5. The average Bonchev–Trinajstić information content (AvgIpc) is 0.671. The molecule has 4 aliphatic rings. The van der Waals surface area contributed by atoms with Gasteiger partial charge in [-0.3, -0.25) is 33.6 Å². The zero-order chi connectivity index (χ0) is 66.3. The van der Waals surface area contributed by atoms with Crippen molar-refractivity contribution in [2.24, 2.45) is 27.8 Å². The Morgan fingerprint density at radius 2 is 1.47 bits per heavy atom. The quantitative estimate of drug-likeness (QED) is 0.00947. The predicted molar refractivity (Wildman–Crippen MR) is 324 cm³/mol. The van der Waals surface area contributed by atoms with Gasteiger partial charge in [-0.1, -0.05) is 97.7 Å². The summed E-state index contributed by atoms with van der Waals surface area (Å²) in [4.78, 5) is 142. The third-order valence-corrected chi connectivity index (χ3v) is 18.0. The maximum atomic E-state index is 15.9. The Kier molecular flexibility index (Phi) is 24.0. The van der Waals surface area contributed by atoms with E-state index in [1.54, 1.807) is 94.4 Å². The minimum atomic E-state index is -2.42. The van der Waals surface area contributed by atoms with E-state index in [0.29, 0.717) is 44.2 Å². The van der Waals surface area contributed by atoms with E-state index in [1.165, 1.54) is 31.2 Å². The van der Waals surface area contributed by atoms with Crippen molar-refractivity contribution in [3.63, 3.8) is 0 Å². The third-order valence-electron chi connectivity index (χ3n) is 18.0. The molecule has 3 aliphatic carbocycles. The van der Waals surface area contributed by atoms with E-state index in [0.717, 1.165) is 13.8 Å². The van der Waals surface area contributed by atoms with Crippen LogP contribution in [0.3, 0.4) is 0 Å². The number of allylic oxidation sites excluding steroid dienone is 1. The van der Waals surface area contributed by atoms with Gasteiger partial charge in [0.15, 0.2) is 29.4 Å². The highest BCUT2D eigenvalue weighted by Crippen LogP contribution is 2.65. The minimum absolute atomic E-state index is 0.0194. The van der Waals surface area contributed by atoms with Gasteiger partial charge in [-0.05, 0) is 106 Å². The number of ether oxygens (including phenoxy) is 7. The van der Waals surface area contributed by atoms with Gasteiger partial charge in [-0.15, -0.1) is 0 Å². The SMILES string of the molecule is CCOC(=O)[C@H](CCCCNC(=O)COCC(=O)O[C@@H](C(=O)C[C@H]1C[C@@]2(O)[C@@H](OC(=O)c3ccccc3)[C@@H]3[C@]4(OC(C)=O)CO[C@@H]4C[C@H](O)[C@@]3(C)C(=O)[C@H](OC(C)=O)C(=C1C)C2(C)C)[C@@H](NC(=O)c1ccccc1)c1ccccc1)NC(=O)CCCCCN=[N+]=[N-]. The van der Waals surface area contributed by atoms with Crippen molar-refractivity contribution in [3.8, 4) is 0 Å². The predicted octanol–water partition coefficient (Wildman–Crippen LogP) is 6.17. The lowest BCUT2D eigenvalue weighted by Gasteiger charge is -2.67. The molecule has 0 unspecified atom stereocenters. The molecule has 490 valence electrons.